The lowest BCUT2D eigenvalue weighted by Crippen LogP contribution is -2.55. The number of para-hydroxylation sites is 1. The Morgan fingerprint density at radius 1 is 1.00 bits per heavy atom. The van der Waals surface area contributed by atoms with Crippen molar-refractivity contribution in [3.63, 3.8) is 0 Å². The Morgan fingerprint density at radius 3 is 2.13 bits per heavy atom. The maximum absolute atomic E-state index is 13.1. The maximum Gasteiger partial charge on any atom is 0.246 e. The minimum Gasteiger partial charge on any atom is -0.338 e. The van der Waals surface area contributed by atoms with Gasteiger partial charge in [-0.1, -0.05) is 60.7 Å². The Labute approximate surface area is 179 Å². The lowest BCUT2D eigenvalue weighted by atomic mass is 10.2. The molecule has 0 aromatic heterocycles. The molecule has 1 fully saturated rings. The van der Waals surface area contributed by atoms with E-state index in [2.05, 4.69) is 29.2 Å². The topological polar surface area (TPSA) is 60.9 Å². The summed E-state index contributed by atoms with van der Waals surface area (Å²) in [5, 5.41) is 0. The highest BCUT2D eigenvalue weighted by atomic mass is 32.2. The molecule has 1 saturated heterocycles. The molecule has 1 atom stereocenters. The Balaban J connectivity index is 1.58. The lowest BCUT2D eigenvalue weighted by molar-refractivity contribution is -0.133. The molecule has 1 unspecified atom stereocenters. The van der Waals surface area contributed by atoms with E-state index in [-0.39, 0.29) is 5.91 Å². The van der Waals surface area contributed by atoms with Crippen LogP contribution in [0.1, 0.15) is 12.5 Å². The van der Waals surface area contributed by atoms with Crippen molar-refractivity contribution in [1.82, 2.24) is 9.80 Å². The minimum absolute atomic E-state index is 0.163. The van der Waals surface area contributed by atoms with Crippen LogP contribution in [0.4, 0.5) is 5.69 Å². The van der Waals surface area contributed by atoms with Crippen LogP contribution in [-0.4, -0.2) is 69.1 Å². The number of amides is 1. The Hall–Kier alpha value is -2.64. The standard InChI is InChI=1S/C23H29N3O3S/c1-20(26(30(2,28)29)22-13-7-4-8-14-22)23(27)25-18-16-24(17-19-25)15-9-12-21-10-5-3-6-11-21/h3-14,20H,15-19H2,1-2H3/b12-9+. The molecule has 30 heavy (non-hydrogen) atoms. The molecule has 7 heteroatoms. The second-order valence-corrected chi connectivity index (χ2v) is 9.37. The van der Waals surface area contributed by atoms with Crippen molar-refractivity contribution in [3.05, 3.63) is 72.3 Å². The van der Waals surface area contributed by atoms with Crippen LogP contribution in [0, 0.1) is 0 Å². The number of benzene rings is 2. The number of carbonyl (C=O) groups is 1. The van der Waals surface area contributed by atoms with E-state index >= 15 is 0 Å². The zero-order chi connectivity index (χ0) is 21.6. The van der Waals surface area contributed by atoms with E-state index in [0.29, 0.717) is 18.8 Å². The summed E-state index contributed by atoms with van der Waals surface area (Å²) in [6.07, 6.45) is 5.38. The zero-order valence-corrected chi connectivity index (χ0v) is 18.3. The SMILES string of the molecule is CC(C(=O)N1CCN(C/C=C/c2ccccc2)CC1)N(c1ccccc1)S(C)(=O)=O. The number of hydrogen-bond acceptors (Lipinski definition) is 4. The van der Waals surface area contributed by atoms with Crippen LogP contribution in [0.25, 0.3) is 6.08 Å². The van der Waals surface area contributed by atoms with Crippen LogP contribution in [0.2, 0.25) is 0 Å². The van der Waals surface area contributed by atoms with Crippen LogP contribution in [-0.2, 0) is 14.8 Å². The molecule has 0 aliphatic carbocycles. The second-order valence-electron chi connectivity index (χ2n) is 7.51. The van der Waals surface area contributed by atoms with E-state index in [9.17, 15) is 13.2 Å². The summed E-state index contributed by atoms with van der Waals surface area (Å²) in [6, 6.07) is 18.2. The molecule has 1 aliphatic heterocycles. The lowest BCUT2D eigenvalue weighted by Gasteiger charge is -2.37. The monoisotopic (exact) mass is 427 g/mol. The van der Waals surface area contributed by atoms with Gasteiger partial charge >= 0.3 is 0 Å². The van der Waals surface area contributed by atoms with Crippen molar-refractivity contribution < 1.29 is 13.2 Å². The predicted octanol–water partition coefficient (Wildman–Crippen LogP) is 2.70. The van der Waals surface area contributed by atoms with Gasteiger partial charge in [-0.15, -0.1) is 0 Å². The molecule has 160 valence electrons. The number of nitrogens with zero attached hydrogens (tertiary/aromatic N) is 3. The smallest absolute Gasteiger partial charge is 0.246 e. The molecule has 0 bridgehead atoms. The fraction of sp³-hybridized carbons (Fsp3) is 0.348. The highest BCUT2D eigenvalue weighted by molar-refractivity contribution is 7.92. The average Bonchev–Trinajstić information content (AvgIpc) is 2.74. The summed E-state index contributed by atoms with van der Waals surface area (Å²) in [6.45, 7) is 5.20. The molecule has 1 aliphatic rings. The average molecular weight is 428 g/mol. The van der Waals surface area contributed by atoms with Gasteiger partial charge in [-0.2, -0.15) is 0 Å². The normalized spacial score (nSPS) is 16.5. The molecule has 1 heterocycles. The summed E-state index contributed by atoms with van der Waals surface area (Å²) < 4.78 is 26.0. The van der Waals surface area contributed by atoms with Crippen molar-refractivity contribution in [2.24, 2.45) is 0 Å². The van der Waals surface area contributed by atoms with Gasteiger partial charge in [0.05, 0.1) is 11.9 Å². The van der Waals surface area contributed by atoms with Crippen molar-refractivity contribution in [3.8, 4) is 0 Å². The third kappa shape index (κ3) is 5.70. The van der Waals surface area contributed by atoms with E-state index in [1.54, 1.807) is 36.1 Å². The van der Waals surface area contributed by atoms with Crippen molar-refractivity contribution in [2.45, 2.75) is 13.0 Å². The molecule has 0 saturated carbocycles. The van der Waals surface area contributed by atoms with Gasteiger partial charge < -0.3 is 4.90 Å². The second kappa shape index (κ2) is 9.91. The van der Waals surface area contributed by atoms with Gasteiger partial charge in [0.1, 0.15) is 6.04 Å². The Bertz CT molecular complexity index is 954. The maximum atomic E-state index is 13.1. The van der Waals surface area contributed by atoms with E-state index in [4.69, 9.17) is 0 Å². The zero-order valence-electron chi connectivity index (χ0n) is 17.5. The van der Waals surface area contributed by atoms with Crippen LogP contribution in [0.15, 0.2) is 66.7 Å². The highest BCUT2D eigenvalue weighted by Gasteiger charge is 2.33. The Morgan fingerprint density at radius 2 is 1.57 bits per heavy atom. The Kier molecular flexibility index (Phi) is 7.29. The molecule has 0 radical (unpaired) electrons. The van der Waals surface area contributed by atoms with Crippen LogP contribution >= 0.6 is 0 Å². The van der Waals surface area contributed by atoms with Gasteiger partial charge in [0.25, 0.3) is 0 Å². The molecule has 6 nitrogen and oxygen atoms in total. The summed E-state index contributed by atoms with van der Waals surface area (Å²) in [7, 11) is -3.58. The minimum atomic E-state index is -3.58. The number of hydrogen-bond donors (Lipinski definition) is 0. The van der Waals surface area contributed by atoms with Gasteiger partial charge in [-0.25, -0.2) is 8.42 Å². The van der Waals surface area contributed by atoms with Gasteiger partial charge in [-0.3, -0.25) is 14.0 Å². The number of piperazine rings is 1. The molecule has 1 amide bonds. The first-order valence-corrected chi connectivity index (χ1v) is 12.0. The molecule has 0 N–H and O–H groups in total. The van der Waals surface area contributed by atoms with Crippen molar-refractivity contribution in [1.29, 1.82) is 0 Å². The van der Waals surface area contributed by atoms with E-state index in [1.165, 1.54) is 9.87 Å². The van der Waals surface area contributed by atoms with Gasteiger partial charge in [0, 0.05) is 32.7 Å². The summed E-state index contributed by atoms with van der Waals surface area (Å²) in [4.78, 5) is 17.1. The van der Waals surface area contributed by atoms with E-state index < -0.39 is 16.1 Å². The molecular weight excluding hydrogens is 398 g/mol. The quantitative estimate of drug-likeness (QED) is 0.682. The van der Waals surface area contributed by atoms with Gasteiger partial charge in [0.15, 0.2) is 0 Å². The molecule has 2 aromatic carbocycles. The first-order chi connectivity index (χ1) is 14.4. The van der Waals surface area contributed by atoms with Crippen LogP contribution < -0.4 is 4.31 Å². The molecule has 0 spiro atoms. The van der Waals surface area contributed by atoms with Gasteiger partial charge in [0.2, 0.25) is 15.9 Å². The summed E-state index contributed by atoms with van der Waals surface area (Å²) in [5.74, 6) is -0.163. The first-order valence-electron chi connectivity index (χ1n) is 10.1. The number of sulfonamides is 1. The number of rotatable bonds is 7. The van der Waals surface area contributed by atoms with Crippen LogP contribution in [0.5, 0.6) is 0 Å². The number of anilines is 1. The fourth-order valence-electron chi connectivity index (χ4n) is 3.69. The van der Waals surface area contributed by atoms with Crippen molar-refractivity contribution >= 4 is 27.7 Å². The highest BCUT2D eigenvalue weighted by Crippen LogP contribution is 2.21. The molecular formula is C23H29N3O3S. The fourth-order valence-corrected chi connectivity index (χ4v) is 4.86. The van der Waals surface area contributed by atoms with Gasteiger partial charge in [-0.05, 0) is 24.6 Å². The van der Waals surface area contributed by atoms with E-state index in [0.717, 1.165) is 25.9 Å². The third-order valence-corrected chi connectivity index (χ3v) is 6.48. The van der Waals surface area contributed by atoms with Crippen molar-refractivity contribution in [2.75, 3.05) is 43.3 Å². The largest absolute Gasteiger partial charge is 0.338 e. The summed E-state index contributed by atoms with van der Waals surface area (Å²) >= 11 is 0. The predicted molar refractivity (Wildman–Crippen MR) is 122 cm³/mol. The first kappa shape index (κ1) is 22.1. The summed E-state index contributed by atoms with van der Waals surface area (Å²) in [5.41, 5.74) is 1.67. The molecule has 2 aromatic rings. The number of carbonyl (C=O) groups excluding carboxylic acids is 1. The van der Waals surface area contributed by atoms with E-state index in [1.807, 2.05) is 24.3 Å². The molecule has 3 rings (SSSR count). The van der Waals surface area contributed by atoms with Crippen LogP contribution in [0.3, 0.4) is 0 Å². The third-order valence-electron chi connectivity index (χ3n) is 5.23.